The van der Waals surface area contributed by atoms with Crippen molar-refractivity contribution in [2.24, 2.45) is 5.41 Å². The van der Waals surface area contributed by atoms with Crippen LogP contribution in [0.2, 0.25) is 0 Å². The molecule has 1 aliphatic rings. The smallest absolute Gasteiger partial charge is 0.226 e. The summed E-state index contributed by atoms with van der Waals surface area (Å²) in [6, 6.07) is 1.87. The van der Waals surface area contributed by atoms with Gasteiger partial charge in [-0.3, -0.25) is 0 Å². The quantitative estimate of drug-likeness (QED) is 0.806. The molecule has 0 amide bonds. The molecule has 2 rings (SSSR count). The molecular weight excluding hydrogens is 226 g/mol. The molecule has 0 aliphatic heterocycles. The molecule has 1 aromatic heterocycles. The van der Waals surface area contributed by atoms with Crippen LogP contribution >= 0.6 is 0 Å². The molecule has 0 aromatic carbocycles. The fourth-order valence-electron chi connectivity index (χ4n) is 2.33. The van der Waals surface area contributed by atoms with Crippen molar-refractivity contribution in [2.45, 2.75) is 46.5 Å². The van der Waals surface area contributed by atoms with E-state index in [1.165, 1.54) is 25.7 Å². The van der Waals surface area contributed by atoms with Crippen molar-refractivity contribution < 1.29 is 4.74 Å². The van der Waals surface area contributed by atoms with Gasteiger partial charge >= 0.3 is 0 Å². The van der Waals surface area contributed by atoms with Gasteiger partial charge in [0.25, 0.3) is 0 Å². The zero-order chi connectivity index (χ0) is 13.0. The van der Waals surface area contributed by atoms with Gasteiger partial charge in [0.1, 0.15) is 0 Å². The molecule has 0 atom stereocenters. The second-order valence-corrected chi connectivity index (χ2v) is 5.21. The number of rotatable bonds is 7. The number of aryl methyl sites for hydroxylation is 1. The summed E-state index contributed by atoms with van der Waals surface area (Å²) in [5.74, 6) is 1.36. The van der Waals surface area contributed by atoms with Crippen molar-refractivity contribution in [3.63, 3.8) is 0 Å². The zero-order valence-electron chi connectivity index (χ0n) is 11.6. The van der Waals surface area contributed by atoms with Crippen LogP contribution in [0.5, 0.6) is 5.88 Å². The minimum Gasteiger partial charge on any atom is -0.478 e. The summed E-state index contributed by atoms with van der Waals surface area (Å²) in [6.45, 7) is 7.79. The van der Waals surface area contributed by atoms with Crippen LogP contribution in [-0.2, 0) is 0 Å². The molecule has 1 aromatic rings. The zero-order valence-corrected chi connectivity index (χ0v) is 11.6. The first-order valence-corrected chi connectivity index (χ1v) is 6.90. The lowest BCUT2D eigenvalue weighted by Crippen LogP contribution is -2.17. The fraction of sp³-hybridized carbons (Fsp3) is 0.714. The van der Waals surface area contributed by atoms with Gasteiger partial charge in [0.05, 0.1) is 6.61 Å². The molecular formula is C14H23N3O. The lowest BCUT2D eigenvalue weighted by molar-refractivity contribution is 0.326. The molecule has 1 fully saturated rings. The highest BCUT2D eigenvalue weighted by atomic mass is 16.5. The third-order valence-corrected chi connectivity index (χ3v) is 3.48. The molecule has 0 radical (unpaired) electrons. The highest BCUT2D eigenvalue weighted by molar-refractivity contribution is 5.31. The number of nitrogens with zero attached hydrogens (tertiary/aromatic N) is 2. The Labute approximate surface area is 109 Å². The minimum absolute atomic E-state index is 0.508. The van der Waals surface area contributed by atoms with Crippen molar-refractivity contribution >= 4 is 5.95 Å². The highest BCUT2D eigenvalue weighted by Crippen LogP contribution is 2.49. The predicted octanol–water partition coefficient (Wildman–Crippen LogP) is 3.18. The Morgan fingerprint density at radius 3 is 2.72 bits per heavy atom. The second-order valence-electron chi connectivity index (χ2n) is 5.21. The summed E-state index contributed by atoms with van der Waals surface area (Å²) in [5, 5.41) is 3.37. The number of hydrogen-bond donors (Lipinski definition) is 1. The van der Waals surface area contributed by atoms with Crippen LogP contribution in [0.15, 0.2) is 6.07 Å². The summed E-state index contributed by atoms with van der Waals surface area (Å²) >= 11 is 0. The third kappa shape index (κ3) is 3.34. The third-order valence-electron chi connectivity index (χ3n) is 3.48. The van der Waals surface area contributed by atoms with Gasteiger partial charge in [-0.2, -0.15) is 4.98 Å². The predicted molar refractivity (Wildman–Crippen MR) is 73.0 cm³/mol. The topological polar surface area (TPSA) is 47.0 Å². The van der Waals surface area contributed by atoms with Gasteiger partial charge in [-0.1, -0.05) is 13.3 Å². The van der Waals surface area contributed by atoms with Gasteiger partial charge in [0, 0.05) is 18.3 Å². The monoisotopic (exact) mass is 249 g/mol. The van der Waals surface area contributed by atoms with Crippen LogP contribution in [0.25, 0.3) is 0 Å². The summed E-state index contributed by atoms with van der Waals surface area (Å²) in [4.78, 5) is 8.77. The Morgan fingerprint density at radius 2 is 2.11 bits per heavy atom. The van der Waals surface area contributed by atoms with E-state index in [0.29, 0.717) is 23.9 Å². The first-order valence-electron chi connectivity index (χ1n) is 6.90. The van der Waals surface area contributed by atoms with Crippen LogP contribution in [0.3, 0.4) is 0 Å². The molecule has 1 aliphatic carbocycles. The Kier molecular flexibility index (Phi) is 4.04. The largest absolute Gasteiger partial charge is 0.478 e. The van der Waals surface area contributed by atoms with Crippen LogP contribution in [-0.4, -0.2) is 23.1 Å². The molecule has 0 saturated heterocycles. The van der Waals surface area contributed by atoms with Gasteiger partial charge in [-0.25, -0.2) is 4.98 Å². The molecule has 0 bridgehead atoms. The average Bonchev–Trinajstić information content (AvgIpc) is 3.07. The highest BCUT2D eigenvalue weighted by Gasteiger charge is 2.41. The normalized spacial score (nSPS) is 16.4. The maximum Gasteiger partial charge on any atom is 0.226 e. The van der Waals surface area contributed by atoms with Crippen LogP contribution < -0.4 is 10.1 Å². The minimum atomic E-state index is 0.508. The summed E-state index contributed by atoms with van der Waals surface area (Å²) in [6.07, 6.45) is 5.21. The maximum absolute atomic E-state index is 5.43. The Bertz CT molecular complexity index is 402. The summed E-state index contributed by atoms with van der Waals surface area (Å²) in [7, 11) is 0. The summed E-state index contributed by atoms with van der Waals surface area (Å²) in [5.41, 5.74) is 1.45. The molecule has 0 spiro atoms. The second kappa shape index (κ2) is 5.55. The van der Waals surface area contributed by atoms with Gasteiger partial charge in [0.2, 0.25) is 11.8 Å². The van der Waals surface area contributed by atoms with E-state index in [1.807, 2.05) is 19.9 Å². The molecule has 18 heavy (non-hydrogen) atoms. The van der Waals surface area contributed by atoms with Crippen molar-refractivity contribution in [1.82, 2.24) is 9.97 Å². The van der Waals surface area contributed by atoms with E-state index in [-0.39, 0.29) is 0 Å². The lowest BCUT2D eigenvalue weighted by atomic mass is 10.0. The molecule has 1 heterocycles. The van der Waals surface area contributed by atoms with E-state index in [0.717, 1.165) is 12.2 Å². The van der Waals surface area contributed by atoms with E-state index in [1.54, 1.807) is 0 Å². The Morgan fingerprint density at radius 1 is 1.33 bits per heavy atom. The number of hydrogen-bond acceptors (Lipinski definition) is 4. The van der Waals surface area contributed by atoms with E-state index in [2.05, 4.69) is 22.2 Å². The van der Waals surface area contributed by atoms with Crippen molar-refractivity contribution in [1.29, 1.82) is 0 Å². The van der Waals surface area contributed by atoms with Crippen LogP contribution in [0, 0.1) is 12.3 Å². The van der Waals surface area contributed by atoms with E-state index >= 15 is 0 Å². The first-order chi connectivity index (χ1) is 8.67. The first kappa shape index (κ1) is 13.1. The molecule has 4 heteroatoms. The van der Waals surface area contributed by atoms with E-state index in [4.69, 9.17) is 4.74 Å². The number of aromatic nitrogens is 2. The molecule has 1 N–H and O–H groups in total. The van der Waals surface area contributed by atoms with Crippen LogP contribution in [0.1, 0.15) is 45.2 Å². The van der Waals surface area contributed by atoms with Crippen LogP contribution in [0.4, 0.5) is 5.95 Å². The molecule has 100 valence electrons. The lowest BCUT2D eigenvalue weighted by Gasteiger charge is -2.15. The average molecular weight is 249 g/mol. The van der Waals surface area contributed by atoms with Gasteiger partial charge in [-0.05, 0) is 38.5 Å². The number of ether oxygens (including phenoxy) is 1. The maximum atomic E-state index is 5.43. The van der Waals surface area contributed by atoms with Gasteiger partial charge in [-0.15, -0.1) is 0 Å². The Hall–Kier alpha value is -1.32. The van der Waals surface area contributed by atoms with Crippen molar-refractivity contribution in [3.05, 3.63) is 11.8 Å². The standard InChI is InChI=1S/C14H23N3O/c1-4-6-14(7-8-14)10-15-13-16-11(3)9-12(17-13)18-5-2/h9H,4-8,10H2,1-3H3,(H,15,16,17). The SMILES string of the molecule is CCCC1(CNc2nc(C)cc(OCC)n2)CC1. The Balaban J connectivity index is 1.96. The van der Waals surface area contributed by atoms with Gasteiger partial charge < -0.3 is 10.1 Å². The van der Waals surface area contributed by atoms with Crippen molar-refractivity contribution in [2.75, 3.05) is 18.5 Å². The fourth-order valence-corrected chi connectivity index (χ4v) is 2.33. The molecule has 4 nitrogen and oxygen atoms in total. The molecule has 1 saturated carbocycles. The van der Waals surface area contributed by atoms with E-state index < -0.39 is 0 Å². The number of anilines is 1. The molecule has 0 unspecified atom stereocenters. The number of nitrogens with one attached hydrogen (secondary N) is 1. The van der Waals surface area contributed by atoms with Crippen molar-refractivity contribution in [3.8, 4) is 5.88 Å². The van der Waals surface area contributed by atoms with Gasteiger partial charge in [0.15, 0.2) is 0 Å². The summed E-state index contributed by atoms with van der Waals surface area (Å²) < 4.78 is 5.43. The van der Waals surface area contributed by atoms with E-state index in [9.17, 15) is 0 Å².